The van der Waals surface area contributed by atoms with Crippen LogP contribution >= 0.6 is 0 Å². The molecule has 0 aliphatic carbocycles. The van der Waals surface area contributed by atoms with Crippen molar-refractivity contribution in [2.45, 2.75) is 25.5 Å². The van der Waals surface area contributed by atoms with E-state index in [1.165, 1.54) is 6.42 Å². The van der Waals surface area contributed by atoms with Crippen molar-refractivity contribution >= 4 is 17.2 Å². The maximum Gasteiger partial charge on any atom is 0.165 e. The van der Waals surface area contributed by atoms with Crippen LogP contribution in [0.1, 0.15) is 31.2 Å². The molecule has 0 saturated carbocycles. The van der Waals surface area contributed by atoms with E-state index < -0.39 is 0 Å². The van der Waals surface area contributed by atoms with E-state index in [2.05, 4.69) is 20.3 Å². The van der Waals surface area contributed by atoms with Gasteiger partial charge in [-0.25, -0.2) is 15.0 Å². The Kier molecular flexibility index (Phi) is 3.41. The number of nitrogens with one attached hydrogen (secondary N) is 1. The molecular weight excluding hydrogens is 242 g/mol. The number of rotatable bonds is 3. The minimum Gasteiger partial charge on any atom is -0.394 e. The molecule has 1 aliphatic rings. The molecule has 1 saturated heterocycles. The number of ether oxygens (including phenoxy) is 1. The van der Waals surface area contributed by atoms with Crippen LogP contribution in [-0.2, 0) is 4.74 Å². The van der Waals surface area contributed by atoms with Crippen LogP contribution < -0.4 is 5.32 Å². The van der Waals surface area contributed by atoms with Gasteiger partial charge >= 0.3 is 0 Å². The molecule has 3 rings (SSSR count). The summed E-state index contributed by atoms with van der Waals surface area (Å²) < 4.78 is 7.79. The monoisotopic (exact) mass is 259 g/mol. The van der Waals surface area contributed by atoms with E-state index >= 15 is 0 Å². The van der Waals surface area contributed by atoms with Gasteiger partial charge in [0.2, 0.25) is 0 Å². The van der Waals surface area contributed by atoms with Gasteiger partial charge in [-0.15, -0.1) is 0 Å². The number of aromatic nitrogens is 4. The third kappa shape index (κ3) is 2.31. The van der Waals surface area contributed by atoms with Gasteiger partial charge in [-0.1, -0.05) is 0 Å². The minimum atomic E-state index is 0.0507. The van der Waals surface area contributed by atoms with Crippen molar-refractivity contribution in [1.29, 1.82) is 0 Å². The second-order valence-corrected chi connectivity index (χ2v) is 4.53. The highest BCUT2D eigenvalue weighted by molar-refractivity contribution is 5.79. The first-order valence-electron chi connectivity index (χ1n) is 6.53. The summed E-state index contributed by atoms with van der Waals surface area (Å²) in [6.07, 6.45) is 10.5. The van der Waals surface area contributed by atoms with E-state index in [1.54, 1.807) is 12.7 Å². The number of hydrogen-bond donors (Lipinski definition) is 1. The van der Waals surface area contributed by atoms with Crippen LogP contribution in [0.15, 0.2) is 18.9 Å². The Morgan fingerprint density at radius 3 is 3.11 bits per heavy atom. The lowest BCUT2D eigenvalue weighted by molar-refractivity contribution is -0.0298. The van der Waals surface area contributed by atoms with Crippen molar-refractivity contribution in [1.82, 2.24) is 24.8 Å². The van der Waals surface area contributed by atoms with E-state index in [0.717, 1.165) is 36.3 Å². The Morgan fingerprint density at radius 2 is 2.32 bits per heavy atom. The van der Waals surface area contributed by atoms with Crippen molar-refractivity contribution in [3.05, 3.63) is 24.5 Å². The number of fused-ring (bicyclic) bond motifs is 1. The second-order valence-electron chi connectivity index (χ2n) is 4.53. The summed E-state index contributed by atoms with van der Waals surface area (Å²) in [5, 5.41) is 2.95. The van der Waals surface area contributed by atoms with Gasteiger partial charge in [0.15, 0.2) is 5.65 Å². The van der Waals surface area contributed by atoms with E-state index in [-0.39, 0.29) is 6.23 Å². The van der Waals surface area contributed by atoms with Gasteiger partial charge in [0.05, 0.1) is 12.0 Å². The fourth-order valence-corrected chi connectivity index (χ4v) is 2.31. The zero-order valence-corrected chi connectivity index (χ0v) is 10.9. The van der Waals surface area contributed by atoms with Gasteiger partial charge in [0, 0.05) is 13.7 Å². The molecule has 0 radical (unpaired) electrons. The lowest BCUT2D eigenvalue weighted by Gasteiger charge is -2.23. The van der Waals surface area contributed by atoms with E-state index in [0.29, 0.717) is 0 Å². The Bertz CT molecular complexity index is 586. The van der Waals surface area contributed by atoms with Crippen LogP contribution in [0, 0.1) is 0 Å². The first-order valence-corrected chi connectivity index (χ1v) is 6.53. The highest BCUT2D eigenvalue weighted by Crippen LogP contribution is 2.26. The fraction of sp³-hybridized carbons (Fsp3) is 0.462. The number of hydrogen-bond acceptors (Lipinski definition) is 5. The molecule has 1 atom stereocenters. The van der Waals surface area contributed by atoms with Gasteiger partial charge in [-0.05, 0) is 31.5 Å². The molecule has 2 aromatic rings. The van der Waals surface area contributed by atoms with Crippen molar-refractivity contribution in [2.75, 3.05) is 13.7 Å². The molecule has 6 nitrogen and oxygen atoms in total. The van der Waals surface area contributed by atoms with E-state index in [1.807, 2.05) is 23.9 Å². The van der Waals surface area contributed by atoms with Gasteiger partial charge in [-0.2, -0.15) is 0 Å². The molecule has 0 aromatic carbocycles. The molecule has 6 heteroatoms. The Labute approximate surface area is 111 Å². The van der Waals surface area contributed by atoms with Crippen LogP contribution in [0.25, 0.3) is 17.2 Å². The maximum absolute atomic E-state index is 5.78. The summed E-state index contributed by atoms with van der Waals surface area (Å²) in [5.41, 5.74) is 2.45. The highest BCUT2D eigenvalue weighted by Gasteiger charge is 2.19. The lowest BCUT2D eigenvalue weighted by Crippen LogP contribution is -2.17. The van der Waals surface area contributed by atoms with E-state index in [4.69, 9.17) is 4.74 Å². The molecule has 0 bridgehead atoms. The molecule has 1 N–H and O–H groups in total. The van der Waals surface area contributed by atoms with Gasteiger partial charge < -0.3 is 10.1 Å². The minimum absolute atomic E-state index is 0.0507. The van der Waals surface area contributed by atoms with Crippen molar-refractivity contribution in [2.24, 2.45) is 0 Å². The summed E-state index contributed by atoms with van der Waals surface area (Å²) in [6, 6.07) is 0. The van der Waals surface area contributed by atoms with Crippen molar-refractivity contribution < 1.29 is 4.74 Å². The maximum atomic E-state index is 5.78. The van der Waals surface area contributed by atoms with Crippen LogP contribution in [0.5, 0.6) is 0 Å². The summed E-state index contributed by atoms with van der Waals surface area (Å²) in [4.78, 5) is 13.0. The molecule has 0 amide bonds. The van der Waals surface area contributed by atoms with E-state index in [9.17, 15) is 0 Å². The quantitative estimate of drug-likeness (QED) is 0.909. The van der Waals surface area contributed by atoms with Crippen molar-refractivity contribution in [3.8, 4) is 0 Å². The second kappa shape index (κ2) is 5.36. The van der Waals surface area contributed by atoms with Crippen LogP contribution in [0.3, 0.4) is 0 Å². The predicted octanol–water partition coefficient (Wildman–Crippen LogP) is 1.72. The smallest absolute Gasteiger partial charge is 0.165 e. The first-order chi connectivity index (χ1) is 9.40. The zero-order valence-electron chi connectivity index (χ0n) is 10.9. The average Bonchev–Trinajstić information content (AvgIpc) is 2.90. The molecule has 3 heterocycles. The molecule has 1 unspecified atom stereocenters. The SMILES string of the molecule is CN/C=C/c1ncnc2c1ncn2C1CCCCO1. The van der Waals surface area contributed by atoms with Gasteiger partial charge in [-0.3, -0.25) is 4.57 Å². The fourth-order valence-electron chi connectivity index (χ4n) is 2.31. The largest absolute Gasteiger partial charge is 0.394 e. The third-order valence-electron chi connectivity index (χ3n) is 3.26. The number of nitrogens with zero attached hydrogens (tertiary/aromatic N) is 4. The Morgan fingerprint density at radius 1 is 1.37 bits per heavy atom. The van der Waals surface area contributed by atoms with Gasteiger partial charge in [0.1, 0.15) is 18.1 Å². The average molecular weight is 259 g/mol. The standard InChI is InChI=1S/C13H17N5O/c1-14-6-5-10-12-13(16-8-15-10)18(9-17-12)11-4-2-3-7-19-11/h5-6,8-9,11,14H,2-4,7H2,1H3/b6-5+. The summed E-state index contributed by atoms with van der Waals surface area (Å²) in [7, 11) is 1.85. The topological polar surface area (TPSA) is 64.9 Å². The van der Waals surface area contributed by atoms with Crippen LogP contribution in [0.4, 0.5) is 0 Å². The highest BCUT2D eigenvalue weighted by atomic mass is 16.5. The lowest BCUT2D eigenvalue weighted by atomic mass is 10.2. The van der Waals surface area contributed by atoms with Gasteiger partial charge in [0.25, 0.3) is 0 Å². The van der Waals surface area contributed by atoms with Crippen LogP contribution in [-0.4, -0.2) is 33.2 Å². The summed E-state index contributed by atoms with van der Waals surface area (Å²) in [6.45, 7) is 0.807. The Balaban J connectivity index is 2.00. The molecule has 2 aromatic heterocycles. The normalized spacial score (nSPS) is 20.2. The van der Waals surface area contributed by atoms with Crippen molar-refractivity contribution in [3.63, 3.8) is 0 Å². The summed E-state index contributed by atoms with van der Waals surface area (Å²) in [5.74, 6) is 0. The Hall–Kier alpha value is -1.95. The molecule has 100 valence electrons. The molecule has 0 spiro atoms. The number of imidazole rings is 1. The molecule has 1 aliphatic heterocycles. The zero-order chi connectivity index (χ0) is 13.1. The first kappa shape index (κ1) is 12.1. The molecular formula is C13H17N5O. The summed E-state index contributed by atoms with van der Waals surface area (Å²) >= 11 is 0. The third-order valence-corrected chi connectivity index (χ3v) is 3.26. The molecule has 19 heavy (non-hydrogen) atoms. The van der Waals surface area contributed by atoms with Crippen LogP contribution in [0.2, 0.25) is 0 Å². The molecule has 1 fully saturated rings. The predicted molar refractivity (Wildman–Crippen MR) is 72.3 cm³/mol.